The van der Waals surface area contributed by atoms with Crippen molar-refractivity contribution >= 4 is 11.8 Å². The molecule has 186 valence electrons. The highest BCUT2D eigenvalue weighted by atomic mass is 16.5. The van der Waals surface area contributed by atoms with Crippen LogP contribution in [0.4, 0.5) is 5.82 Å². The smallest absolute Gasteiger partial charge is 0.313 e. The number of aryl methyl sites for hydroxylation is 1. The second-order valence-corrected chi connectivity index (χ2v) is 10.5. The van der Waals surface area contributed by atoms with Crippen LogP contribution in [0.3, 0.4) is 0 Å². The highest BCUT2D eigenvalue weighted by Crippen LogP contribution is 2.59. The third kappa shape index (κ3) is 3.84. The Morgan fingerprint density at radius 2 is 2.03 bits per heavy atom. The average molecular weight is 484 g/mol. The summed E-state index contributed by atoms with van der Waals surface area (Å²) < 4.78 is 11.6. The van der Waals surface area contributed by atoms with Gasteiger partial charge in [-0.25, -0.2) is 4.98 Å². The van der Waals surface area contributed by atoms with E-state index in [1.165, 1.54) is 29.4 Å². The number of hydrogen-bond acceptors (Lipinski definition) is 6. The van der Waals surface area contributed by atoms with Gasteiger partial charge in [0.2, 0.25) is 0 Å². The first-order chi connectivity index (χ1) is 17.5. The van der Waals surface area contributed by atoms with Gasteiger partial charge in [-0.05, 0) is 85.2 Å². The summed E-state index contributed by atoms with van der Waals surface area (Å²) in [4.78, 5) is 19.6. The molecule has 36 heavy (non-hydrogen) atoms. The molecule has 6 heteroatoms. The van der Waals surface area contributed by atoms with Crippen LogP contribution in [0, 0.1) is 25.2 Å². The molecular weight excluding hydrogens is 450 g/mol. The van der Waals surface area contributed by atoms with Crippen molar-refractivity contribution in [2.75, 3.05) is 31.6 Å². The molecule has 0 radical (unpaired) electrons. The molecule has 2 aliphatic heterocycles. The molecule has 0 spiro atoms. The van der Waals surface area contributed by atoms with Crippen molar-refractivity contribution in [3.8, 4) is 17.0 Å². The molecule has 0 amide bonds. The maximum Gasteiger partial charge on any atom is 0.313 e. The number of pyridine rings is 1. The first kappa shape index (κ1) is 23.0. The number of rotatable bonds is 6. The van der Waals surface area contributed by atoms with Gasteiger partial charge in [-0.1, -0.05) is 30.3 Å². The summed E-state index contributed by atoms with van der Waals surface area (Å²) in [6.45, 7) is 8.32. The Bertz CT molecular complexity index is 1340. The average Bonchev–Trinajstić information content (AvgIpc) is 3.48. The monoisotopic (exact) mass is 483 g/mol. The largest absolute Gasteiger partial charge is 0.488 e. The standard InChI is InChI=1S/C30H33N3O3/c1-19-6-4-7-25(28(19)36-17-22-11-10-21-15-31-13-12-24(21)20(22)2)26-8-5-9-27(32-26)33-16-23-14-30(23,18-33)29(34)35-3/h4-11,23,31H,12-18H2,1-3H3/t23-,30-/m0/s1. The highest BCUT2D eigenvalue weighted by Gasteiger charge is 2.66. The predicted molar refractivity (Wildman–Crippen MR) is 140 cm³/mol. The van der Waals surface area contributed by atoms with Gasteiger partial charge in [0.1, 0.15) is 18.2 Å². The van der Waals surface area contributed by atoms with Gasteiger partial charge in [-0.2, -0.15) is 0 Å². The molecule has 1 saturated heterocycles. The normalized spacial score (nSPS) is 22.1. The maximum absolute atomic E-state index is 12.3. The van der Waals surface area contributed by atoms with E-state index >= 15 is 0 Å². The number of nitrogens with one attached hydrogen (secondary N) is 1. The number of hydrogen-bond donors (Lipinski definition) is 1. The van der Waals surface area contributed by atoms with Crippen molar-refractivity contribution in [3.05, 3.63) is 76.3 Å². The summed E-state index contributed by atoms with van der Waals surface area (Å²) in [6.07, 6.45) is 1.99. The maximum atomic E-state index is 12.3. The lowest BCUT2D eigenvalue weighted by Gasteiger charge is -2.23. The van der Waals surface area contributed by atoms with Crippen molar-refractivity contribution in [3.63, 3.8) is 0 Å². The zero-order valence-corrected chi connectivity index (χ0v) is 21.3. The van der Waals surface area contributed by atoms with Gasteiger partial charge in [-0.15, -0.1) is 0 Å². The number of anilines is 1. The zero-order valence-electron chi connectivity index (χ0n) is 21.3. The number of nitrogens with zero attached hydrogens (tertiary/aromatic N) is 2. The Morgan fingerprint density at radius 1 is 1.17 bits per heavy atom. The molecule has 1 N–H and O–H groups in total. The van der Waals surface area contributed by atoms with Crippen molar-refractivity contribution < 1.29 is 14.3 Å². The van der Waals surface area contributed by atoms with E-state index in [1.807, 2.05) is 18.2 Å². The third-order valence-corrected chi connectivity index (χ3v) is 8.33. The second-order valence-electron chi connectivity index (χ2n) is 10.5. The van der Waals surface area contributed by atoms with Crippen LogP contribution >= 0.6 is 0 Å². The first-order valence-corrected chi connectivity index (χ1v) is 12.8. The van der Waals surface area contributed by atoms with Gasteiger partial charge in [-0.3, -0.25) is 4.79 Å². The van der Waals surface area contributed by atoms with E-state index in [-0.39, 0.29) is 11.4 Å². The Hall–Kier alpha value is -3.38. The van der Waals surface area contributed by atoms with E-state index < -0.39 is 0 Å². The molecule has 1 saturated carbocycles. The molecular formula is C30H33N3O3. The van der Waals surface area contributed by atoms with Crippen LogP contribution in [0.1, 0.15) is 34.2 Å². The number of methoxy groups -OCH3 is 1. The van der Waals surface area contributed by atoms with Gasteiger partial charge in [0, 0.05) is 25.2 Å². The number of benzene rings is 2. The molecule has 1 aromatic heterocycles. The lowest BCUT2D eigenvalue weighted by atomic mass is 9.93. The molecule has 0 bridgehead atoms. The van der Waals surface area contributed by atoms with Crippen LogP contribution in [-0.4, -0.2) is 37.7 Å². The van der Waals surface area contributed by atoms with E-state index in [9.17, 15) is 4.79 Å². The van der Waals surface area contributed by atoms with Crippen molar-refractivity contribution in [2.45, 2.75) is 39.8 Å². The van der Waals surface area contributed by atoms with Crippen LogP contribution in [0.2, 0.25) is 0 Å². The number of carbonyl (C=O) groups excluding carboxylic acids is 1. The summed E-state index contributed by atoms with van der Waals surface area (Å²) in [7, 11) is 1.48. The van der Waals surface area contributed by atoms with E-state index in [1.54, 1.807) is 0 Å². The van der Waals surface area contributed by atoms with Crippen LogP contribution in [0.5, 0.6) is 5.75 Å². The van der Waals surface area contributed by atoms with Crippen LogP contribution < -0.4 is 15.0 Å². The van der Waals surface area contributed by atoms with Gasteiger partial charge in [0.05, 0.1) is 18.2 Å². The van der Waals surface area contributed by atoms with Crippen LogP contribution in [0.15, 0.2) is 48.5 Å². The highest BCUT2D eigenvalue weighted by molar-refractivity contribution is 5.83. The molecule has 2 atom stereocenters. The Kier molecular flexibility index (Phi) is 5.72. The van der Waals surface area contributed by atoms with Crippen molar-refractivity contribution in [2.24, 2.45) is 11.3 Å². The lowest BCUT2D eigenvalue weighted by molar-refractivity contribution is -0.146. The number of para-hydroxylation sites is 1. The first-order valence-electron chi connectivity index (χ1n) is 12.8. The molecule has 0 unspecified atom stereocenters. The molecule has 6 nitrogen and oxygen atoms in total. The van der Waals surface area contributed by atoms with Crippen molar-refractivity contribution in [1.82, 2.24) is 10.3 Å². The Morgan fingerprint density at radius 3 is 2.89 bits per heavy atom. The fourth-order valence-corrected chi connectivity index (χ4v) is 6.09. The molecule has 6 rings (SSSR count). The topological polar surface area (TPSA) is 63.7 Å². The number of piperidine rings is 1. The summed E-state index contributed by atoms with van der Waals surface area (Å²) in [6, 6.07) is 16.8. The minimum atomic E-state index is -0.340. The quantitative estimate of drug-likeness (QED) is 0.518. The van der Waals surface area contributed by atoms with E-state index in [4.69, 9.17) is 14.5 Å². The molecule has 2 aromatic carbocycles. The van der Waals surface area contributed by atoms with Crippen molar-refractivity contribution in [1.29, 1.82) is 0 Å². The molecule has 2 fully saturated rings. The van der Waals surface area contributed by atoms with Gasteiger partial charge >= 0.3 is 5.97 Å². The predicted octanol–water partition coefficient (Wildman–Crippen LogP) is 4.59. The van der Waals surface area contributed by atoms with Gasteiger partial charge in [0.25, 0.3) is 0 Å². The Balaban J connectivity index is 1.25. The number of aromatic nitrogens is 1. The van der Waals surface area contributed by atoms with Crippen LogP contribution in [0.25, 0.3) is 11.3 Å². The summed E-state index contributed by atoms with van der Waals surface area (Å²) >= 11 is 0. The number of carbonyl (C=O) groups is 1. The van der Waals surface area contributed by atoms with E-state index in [0.29, 0.717) is 19.1 Å². The van der Waals surface area contributed by atoms with Gasteiger partial charge < -0.3 is 19.7 Å². The molecule has 1 aliphatic carbocycles. The number of ether oxygens (including phenoxy) is 2. The fourth-order valence-electron chi connectivity index (χ4n) is 6.09. The Labute approximate surface area is 212 Å². The molecule has 3 aromatic rings. The summed E-state index contributed by atoms with van der Waals surface area (Å²) in [5.41, 5.74) is 8.05. The van der Waals surface area contributed by atoms with E-state index in [2.05, 4.69) is 54.4 Å². The minimum Gasteiger partial charge on any atom is -0.488 e. The zero-order chi connectivity index (χ0) is 24.9. The summed E-state index contributed by atoms with van der Waals surface area (Å²) in [5, 5.41) is 3.45. The SMILES string of the molecule is COC(=O)[C@]12C[C@H]1CN(c1cccc(-c3cccc(C)c3OCc3ccc4c(c3C)CCNC4)n1)C2. The lowest BCUT2D eigenvalue weighted by Crippen LogP contribution is -2.29. The molecule has 3 aliphatic rings. The fraction of sp³-hybridized carbons (Fsp3) is 0.400. The van der Waals surface area contributed by atoms with Gasteiger partial charge in [0.15, 0.2) is 0 Å². The second kappa shape index (κ2) is 8.93. The number of esters is 1. The number of fused-ring (bicyclic) bond motifs is 2. The summed E-state index contributed by atoms with van der Waals surface area (Å²) in [5.74, 6) is 2.05. The third-order valence-electron chi connectivity index (χ3n) is 8.33. The minimum absolute atomic E-state index is 0.0886. The van der Waals surface area contributed by atoms with E-state index in [0.717, 1.165) is 60.9 Å². The molecule has 3 heterocycles. The van der Waals surface area contributed by atoms with Crippen LogP contribution in [-0.2, 0) is 29.1 Å².